The maximum Gasteiger partial charge on any atom is 0.113 e. The largest absolute Gasteiger partial charge is 0.213 e. The Bertz CT molecular complexity index is 723. The zero-order valence-corrected chi connectivity index (χ0v) is 12.2. The van der Waals surface area contributed by atoms with Gasteiger partial charge in [-0.05, 0) is 54.0 Å². The fourth-order valence-corrected chi connectivity index (χ4v) is 3.09. The topological polar surface area (TPSA) is 30.7 Å². The molecule has 1 heterocycles. The third kappa shape index (κ3) is 2.04. The van der Waals surface area contributed by atoms with Gasteiger partial charge in [-0.25, -0.2) is 4.68 Å². The summed E-state index contributed by atoms with van der Waals surface area (Å²) in [7, 11) is 2.82. The van der Waals surface area contributed by atoms with Crippen molar-refractivity contribution in [3.63, 3.8) is 0 Å². The molecule has 3 rings (SSSR count). The second-order valence-electron chi connectivity index (χ2n) is 4.67. The highest BCUT2D eigenvalue weighted by molar-refractivity contribution is 7.27. The van der Waals surface area contributed by atoms with Crippen LogP contribution < -0.4 is 5.30 Å². The van der Waals surface area contributed by atoms with Crippen molar-refractivity contribution >= 4 is 25.6 Å². The van der Waals surface area contributed by atoms with Gasteiger partial charge in [-0.3, -0.25) is 0 Å². The van der Waals surface area contributed by atoms with Gasteiger partial charge in [-0.15, -0.1) is 14.3 Å². The van der Waals surface area contributed by atoms with Crippen LogP contribution in [0.5, 0.6) is 0 Å². The van der Waals surface area contributed by atoms with Crippen LogP contribution in [0.3, 0.4) is 0 Å². The molecule has 3 nitrogen and oxygen atoms in total. The third-order valence-corrected chi connectivity index (χ3v) is 3.96. The first-order chi connectivity index (χ1) is 9.20. The average Bonchev–Trinajstić information content (AvgIpc) is 2.82. The average molecular weight is 269 g/mol. The summed E-state index contributed by atoms with van der Waals surface area (Å²) >= 11 is 0. The van der Waals surface area contributed by atoms with Crippen LogP contribution >= 0.6 is 9.24 Å². The van der Waals surface area contributed by atoms with E-state index in [1.165, 1.54) is 16.4 Å². The van der Waals surface area contributed by atoms with Crippen LogP contribution in [0.15, 0.2) is 36.4 Å². The van der Waals surface area contributed by atoms with Gasteiger partial charge in [0.25, 0.3) is 0 Å². The molecule has 0 spiro atoms. The molecule has 4 heteroatoms. The highest BCUT2D eigenvalue weighted by Gasteiger charge is 2.09. The Morgan fingerprint density at radius 2 is 2.00 bits per heavy atom. The van der Waals surface area contributed by atoms with Crippen LogP contribution in [0, 0.1) is 6.92 Å². The van der Waals surface area contributed by atoms with Gasteiger partial charge in [0.05, 0.1) is 11.2 Å². The lowest BCUT2D eigenvalue weighted by Gasteiger charge is -2.11. The molecule has 0 saturated heterocycles. The van der Waals surface area contributed by atoms with Crippen LogP contribution in [-0.2, 0) is 6.42 Å². The van der Waals surface area contributed by atoms with E-state index in [-0.39, 0.29) is 0 Å². The molecule has 0 aliphatic heterocycles. The molecule has 0 aliphatic carbocycles. The molecule has 1 atom stereocenters. The summed E-state index contributed by atoms with van der Waals surface area (Å²) in [6.07, 6.45) is 1.04. The summed E-state index contributed by atoms with van der Waals surface area (Å²) in [5, 5.41) is 9.70. The quantitative estimate of drug-likeness (QED) is 0.670. The van der Waals surface area contributed by atoms with Crippen molar-refractivity contribution in [2.45, 2.75) is 20.3 Å². The standard InChI is InChI=1S/C15H16N3P/c1-3-12-10(2)8-11(9-15(12)19)18-14-7-5-4-6-13(14)16-17-18/h4-9H,3,19H2,1-2H3. The van der Waals surface area contributed by atoms with Gasteiger partial charge in [0.15, 0.2) is 0 Å². The molecule has 1 unspecified atom stereocenters. The minimum absolute atomic E-state index is 0.921. The predicted octanol–water partition coefficient (Wildman–Crippen LogP) is 2.79. The molecule has 2 aromatic carbocycles. The Morgan fingerprint density at radius 1 is 1.21 bits per heavy atom. The number of aryl methyl sites for hydroxylation is 1. The lowest BCUT2D eigenvalue weighted by molar-refractivity contribution is 0.823. The number of hydrogen-bond donors (Lipinski definition) is 0. The molecule has 19 heavy (non-hydrogen) atoms. The number of hydrogen-bond acceptors (Lipinski definition) is 2. The minimum atomic E-state index is 0.921. The van der Waals surface area contributed by atoms with E-state index < -0.39 is 0 Å². The number of fused-ring (bicyclic) bond motifs is 1. The monoisotopic (exact) mass is 269 g/mol. The van der Waals surface area contributed by atoms with E-state index >= 15 is 0 Å². The molecule has 0 aliphatic rings. The molecule has 0 radical (unpaired) electrons. The van der Waals surface area contributed by atoms with E-state index in [0.29, 0.717) is 0 Å². The maximum atomic E-state index is 4.26. The summed E-state index contributed by atoms with van der Waals surface area (Å²) in [6.45, 7) is 4.33. The number of benzene rings is 2. The molecule has 0 fully saturated rings. The Balaban J connectivity index is 2.22. The van der Waals surface area contributed by atoms with Crippen LogP contribution in [-0.4, -0.2) is 15.0 Å². The molecular weight excluding hydrogens is 253 g/mol. The van der Waals surface area contributed by atoms with Gasteiger partial charge in [-0.1, -0.05) is 24.3 Å². The highest BCUT2D eigenvalue weighted by atomic mass is 31.0. The Morgan fingerprint density at radius 3 is 2.74 bits per heavy atom. The van der Waals surface area contributed by atoms with Crippen LogP contribution in [0.4, 0.5) is 0 Å². The van der Waals surface area contributed by atoms with E-state index in [0.717, 1.165) is 23.1 Å². The molecule has 3 aromatic rings. The molecule has 0 bridgehead atoms. The maximum absolute atomic E-state index is 4.26. The van der Waals surface area contributed by atoms with Gasteiger partial charge in [-0.2, -0.15) is 0 Å². The van der Waals surface area contributed by atoms with E-state index in [1.807, 2.05) is 28.9 Å². The number of aromatic nitrogens is 3. The Hall–Kier alpha value is -1.73. The number of rotatable bonds is 2. The smallest absolute Gasteiger partial charge is 0.113 e. The first-order valence-corrected chi connectivity index (χ1v) is 6.98. The zero-order chi connectivity index (χ0) is 13.4. The second-order valence-corrected chi connectivity index (χ2v) is 5.30. The summed E-state index contributed by atoms with van der Waals surface area (Å²) in [5.41, 5.74) is 5.71. The van der Waals surface area contributed by atoms with Crippen molar-refractivity contribution in [2.75, 3.05) is 0 Å². The van der Waals surface area contributed by atoms with Crippen molar-refractivity contribution < 1.29 is 0 Å². The van der Waals surface area contributed by atoms with Gasteiger partial charge < -0.3 is 0 Å². The van der Waals surface area contributed by atoms with Crippen LogP contribution in [0.25, 0.3) is 16.7 Å². The summed E-state index contributed by atoms with van der Waals surface area (Å²) in [4.78, 5) is 0. The van der Waals surface area contributed by atoms with Crippen molar-refractivity contribution in [3.8, 4) is 5.69 Å². The molecule has 1 aromatic heterocycles. The van der Waals surface area contributed by atoms with Crippen LogP contribution in [0.2, 0.25) is 0 Å². The van der Waals surface area contributed by atoms with Crippen molar-refractivity contribution in [1.29, 1.82) is 0 Å². The lowest BCUT2D eigenvalue weighted by atomic mass is 10.1. The minimum Gasteiger partial charge on any atom is -0.213 e. The molecule has 96 valence electrons. The molecule has 0 amide bonds. The number of nitrogens with zero attached hydrogens (tertiary/aromatic N) is 3. The van der Waals surface area contributed by atoms with Crippen molar-refractivity contribution in [2.24, 2.45) is 0 Å². The first kappa shape index (κ1) is 12.3. The number of para-hydroxylation sites is 1. The van der Waals surface area contributed by atoms with Gasteiger partial charge in [0, 0.05) is 0 Å². The summed E-state index contributed by atoms with van der Waals surface area (Å²) in [5.74, 6) is 0. The van der Waals surface area contributed by atoms with E-state index in [2.05, 4.69) is 45.5 Å². The summed E-state index contributed by atoms with van der Waals surface area (Å²) in [6, 6.07) is 12.3. The van der Waals surface area contributed by atoms with E-state index in [9.17, 15) is 0 Å². The molecular formula is C15H16N3P. The fraction of sp³-hybridized carbons (Fsp3) is 0.200. The van der Waals surface area contributed by atoms with Gasteiger partial charge >= 0.3 is 0 Å². The van der Waals surface area contributed by atoms with Crippen molar-refractivity contribution in [1.82, 2.24) is 15.0 Å². The lowest BCUT2D eigenvalue weighted by Crippen LogP contribution is -2.08. The Labute approximate surface area is 114 Å². The second kappa shape index (κ2) is 4.75. The fourth-order valence-electron chi connectivity index (χ4n) is 2.49. The van der Waals surface area contributed by atoms with E-state index in [1.54, 1.807) is 0 Å². The first-order valence-electron chi connectivity index (χ1n) is 6.40. The SMILES string of the molecule is CCc1c(C)cc(-n2nnc3ccccc32)cc1P. The van der Waals surface area contributed by atoms with Crippen molar-refractivity contribution in [3.05, 3.63) is 47.5 Å². The zero-order valence-electron chi connectivity index (χ0n) is 11.1. The highest BCUT2D eigenvalue weighted by Crippen LogP contribution is 2.19. The normalized spacial score (nSPS) is 11.1. The molecule has 0 N–H and O–H groups in total. The third-order valence-electron chi connectivity index (χ3n) is 3.44. The van der Waals surface area contributed by atoms with Gasteiger partial charge in [0.1, 0.15) is 5.52 Å². The van der Waals surface area contributed by atoms with Crippen LogP contribution in [0.1, 0.15) is 18.1 Å². The van der Waals surface area contributed by atoms with E-state index in [4.69, 9.17) is 0 Å². The predicted molar refractivity (Wildman–Crippen MR) is 82.3 cm³/mol. The summed E-state index contributed by atoms with van der Waals surface area (Å²) < 4.78 is 1.90. The molecule has 0 saturated carbocycles. The Kier molecular flexibility index (Phi) is 3.08. The van der Waals surface area contributed by atoms with Gasteiger partial charge in [0.2, 0.25) is 0 Å².